The van der Waals surface area contributed by atoms with Gasteiger partial charge in [0, 0.05) is 11.3 Å². The first-order valence-electron chi connectivity index (χ1n) is 9.19. The first-order chi connectivity index (χ1) is 13.6. The first kappa shape index (κ1) is 19.5. The lowest BCUT2D eigenvalue weighted by Crippen LogP contribution is -2.47. The predicted octanol–water partition coefficient (Wildman–Crippen LogP) is 3.80. The number of esters is 1. The molecule has 146 valence electrons. The van der Waals surface area contributed by atoms with Gasteiger partial charge < -0.3 is 14.8 Å². The average Bonchev–Trinajstić information content (AvgIpc) is 2.71. The van der Waals surface area contributed by atoms with Gasteiger partial charge in [-0.25, -0.2) is 9.59 Å². The second-order valence-corrected chi connectivity index (χ2v) is 6.42. The molecule has 0 aromatic heterocycles. The molecule has 1 N–H and O–H groups in total. The van der Waals surface area contributed by atoms with E-state index in [1.165, 1.54) is 7.11 Å². The van der Waals surface area contributed by atoms with Crippen LogP contribution in [0.25, 0.3) is 0 Å². The number of rotatable bonds is 6. The summed E-state index contributed by atoms with van der Waals surface area (Å²) in [5.41, 5.74) is 2.65. The summed E-state index contributed by atoms with van der Waals surface area (Å²) in [7, 11) is 1.34. The Balaban J connectivity index is 2.05. The Bertz CT molecular complexity index is 892. The molecule has 2 aromatic carbocycles. The highest BCUT2D eigenvalue weighted by molar-refractivity contribution is 5.95. The Morgan fingerprint density at radius 2 is 1.79 bits per heavy atom. The molecule has 2 amide bonds. The van der Waals surface area contributed by atoms with Gasteiger partial charge in [-0.1, -0.05) is 48.5 Å². The largest absolute Gasteiger partial charge is 0.494 e. The fourth-order valence-corrected chi connectivity index (χ4v) is 3.35. The summed E-state index contributed by atoms with van der Waals surface area (Å²) in [6, 6.07) is 16.1. The summed E-state index contributed by atoms with van der Waals surface area (Å²) in [5.74, 6) is 0.146. The highest BCUT2D eigenvalue weighted by atomic mass is 16.5. The minimum Gasteiger partial charge on any atom is -0.494 e. The van der Waals surface area contributed by atoms with E-state index in [1.807, 2.05) is 61.5 Å². The van der Waals surface area contributed by atoms with E-state index < -0.39 is 12.0 Å². The van der Waals surface area contributed by atoms with Crippen LogP contribution in [0.1, 0.15) is 31.0 Å². The van der Waals surface area contributed by atoms with Crippen molar-refractivity contribution in [3.05, 3.63) is 77.0 Å². The molecule has 2 aromatic rings. The zero-order chi connectivity index (χ0) is 20.1. The van der Waals surface area contributed by atoms with Crippen molar-refractivity contribution >= 4 is 12.0 Å². The molecule has 0 aliphatic carbocycles. The molecule has 0 radical (unpaired) electrons. The number of carbonyl (C=O) groups is 2. The van der Waals surface area contributed by atoms with E-state index in [1.54, 1.807) is 11.8 Å². The van der Waals surface area contributed by atoms with E-state index >= 15 is 0 Å². The van der Waals surface area contributed by atoms with E-state index in [-0.39, 0.29) is 6.03 Å². The number of nitrogens with zero attached hydrogens (tertiary/aromatic N) is 1. The van der Waals surface area contributed by atoms with Crippen molar-refractivity contribution in [1.82, 2.24) is 10.2 Å². The molecule has 0 spiro atoms. The third-order valence-electron chi connectivity index (χ3n) is 4.71. The van der Waals surface area contributed by atoms with Gasteiger partial charge in [0.25, 0.3) is 0 Å². The molecule has 0 saturated carbocycles. The second-order valence-electron chi connectivity index (χ2n) is 6.42. The molecule has 6 nitrogen and oxygen atoms in total. The molecular formula is C22H24N2O4. The second kappa shape index (κ2) is 8.61. The van der Waals surface area contributed by atoms with E-state index in [0.29, 0.717) is 30.2 Å². The molecule has 1 heterocycles. The van der Waals surface area contributed by atoms with Crippen molar-refractivity contribution in [3.63, 3.8) is 0 Å². The quantitative estimate of drug-likeness (QED) is 0.774. The SMILES string of the molecule is CCOc1ccccc1C1NC(=O)N(Cc2ccccc2)C(C)=C1C(=O)OC. The van der Waals surface area contributed by atoms with E-state index in [9.17, 15) is 9.59 Å². The fraction of sp³-hybridized carbons (Fsp3) is 0.273. The van der Waals surface area contributed by atoms with E-state index in [2.05, 4.69) is 5.32 Å². The normalized spacial score (nSPS) is 16.6. The lowest BCUT2D eigenvalue weighted by Gasteiger charge is -2.35. The summed E-state index contributed by atoms with van der Waals surface area (Å²) in [5, 5.41) is 2.95. The Morgan fingerprint density at radius 3 is 2.46 bits per heavy atom. The molecule has 3 rings (SSSR count). The number of urea groups is 1. The maximum Gasteiger partial charge on any atom is 0.337 e. The lowest BCUT2D eigenvalue weighted by atomic mass is 9.94. The van der Waals surface area contributed by atoms with Gasteiger partial charge in [-0.05, 0) is 25.5 Å². The number of carbonyl (C=O) groups excluding carboxylic acids is 2. The van der Waals surface area contributed by atoms with Crippen molar-refractivity contribution < 1.29 is 19.1 Å². The number of benzene rings is 2. The van der Waals surface area contributed by atoms with Crippen LogP contribution in [0.2, 0.25) is 0 Å². The number of methoxy groups -OCH3 is 1. The third kappa shape index (κ3) is 3.86. The highest BCUT2D eigenvalue weighted by Gasteiger charge is 2.37. The van der Waals surface area contributed by atoms with Crippen LogP contribution in [0.5, 0.6) is 5.75 Å². The fourth-order valence-electron chi connectivity index (χ4n) is 3.35. The molecule has 0 bridgehead atoms. The van der Waals surface area contributed by atoms with Crippen molar-refractivity contribution in [1.29, 1.82) is 0 Å². The van der Waals surface area contributed by atoms with E-state index in [4.69, 9.17) is 9.47 Å². The van der Waals surface area contributed by atoms with Crippen LogP contribution in [-0.4, -0.2) is 30.6 Å². The van der Waals surface area contributed by atoms with Gasteiger partial charge in [-0.3, -0.25) is 4.90 Å². The number of hydrogen-bond acceptors (Lipinski definition) is 4. The Morgan fingerprint density at radius 1 is 1.11 bits per heavy atom. The van der Waals surface area contributed by atoms with Crippen LogP contribution in [0.3, 0.4) is 0 Å². The highest BCUT2D eigenvalue weighted by Crippen LogP contribution is 2.36. The molecular weight excluding hydrogens is 356 g/mol. The van der Waals surface area contributed by atoms with Gasteiger partial charge in [0.1, 0.15) is 5.75 Å². The van der Waals surface area contributed by atoms with Crippen LogP contribution >= 0.6 is 0 Å². The standard InChI is InChI=1S/C22H24N2O4/c1-4-28-18-13-9-8-12-17(18)20-19(21(25)27-3)15(2)24(22(26)23-20)14-16-10-6-5-7-11-16/h5-13,20H,4,14H2,1-3H3,(H,23,26). The molecule has 1 aliphatic heterocycles. The smallest absolute Gasteiger partial charge is 0.337 e. The van der Waals surface area contributed by atoms with Crippen LogP contribution < -0.4 is 10.1 Å². The first-order valence-corrected chi connectivity index (χ1v) is 9.19. The number of nitrogens with one attached hydrogen (secondary N) is 1. The molecule has 28 heavy (non-hydrogen) atoms. The maximum absolute atomic E-state index is 12.9. The molecule has 6 heteroatoms. The van der Waals surface area contributed by atoms with Crippen molar-refractivity contribution in [2.75, 3.05) is 13.7 Å². The van der Waals surface area contributed by atoms with Crippen molar-refractivity contribution in [2.24, 2.45) is 0 Å². The monoisotopic (exact) mass is 380 g/mol. The number of amides is 2. The number of hydrogen-bond donors (Lipinski definition) is 1. The van der Waals surface area contributed by atoms with Gasteiger partial charge in [-0.2, -0.15) is 0 Å². The maximum atomic E-state index is 12.9. The topological polar surface area (TPSA) is 67.9 Å². The van der Waals surface area contributed by atoms with E-state index in [0.717, 1.165) is 11.1 Å². The zero-order valence-corrected chi connectivity index (χ0v) is 16.3. The van der Waals surface area contributed by atoms with Crippen LogP contribution in [0.4, 0.5) is 4.79 Å². The lowest BCUT2D eigenvalue weighted by molar-refractivity contribution is -0.136. The summed E-state index contributed by atoms with van der Waals surface area (Å²) >= 11 is 0. The molecule has 0 saturated heterocycles. The molecule has 1 aliphatic rings. The molecule has 1 unspecified atom stereocenters. The van der Waals surface area contributed by atoms with Crippen LogP contribution in [0, 0.1) is 0 Å². The van der Waals surface area contributed by atoms with Gasteiger partial charge in [0.05, 0.1) is 31.9 Å². The minimum atomic E-state index is -0.644. The van der Waals surface area contributed by atoms with Gasteiger partial charge >= 0.3 is 12.0 Å². The van der Waals surface area contributed by atoms with Crippen LogP contribution in [-0.2, 0) is 16.1 Å². The summed E-state index contributed by atoms with van der Waals surface area (Å²) < 4.78 is 10.7. The molecule has 0 fully saturated rings. The summed E-state index contributed by atoms with van der Waals surface area (Å²) in [6.07, 6.45) is 0. The zero-order valence-electron chi connectivity index (χ0n) is 16.3. The molecule has 1 atom stereocenters. The van der Waals surface area contributed by atoms with Gasteiger partial charge in [0.15, 0.2) is 0 Å². The van der Waals surface area contributed by atoms with Crippen molar-refractivity contribution in [3.8, 4) is 5.75 Å². The predicted molar refractivity (Wildman–Crippen MR) is 106 cm³/mol. The minimum absolute atomic E-state index is 0.273. The van der Waals surface area contributed by atoms with Crippen LogP contribution in [0.15, 0.2) is 65.9 Å². The Hall–Kier alpha value is -3.28. The van der Waals surface area contributed by atoms with Crippen molar-refractivity contribution in [2.45, 2.75) is 26.4 Å². The number of allylic oxidation sites excluding steroid dienone is 1. The number of ether oxygens (including phenoxy) is 2. The average molecular weight is 380 g/mol. The van der Waals surface area contributed by atoms with Gasteiger partial charge in [-0.15, -0.1) is 0 Å². The Kier molecular flexibility index (Phi) is 5.99. The van der Waals surface area contributed by atoms with Gasteiger partial charge in [0.2, 0.25) is 0 Å². The third-order valence-corrected chi connectivity index (χ3v) is 4.71. The Labute approximate surface area is 164 Å². The number of para-hydroxylation sites is 1. The summed E-state index contributed by atoms with van der Waals surface area (Å²) in [4.78, 5) is 27.1. The summed E-state index contributed by atoms with van der Waals surface area (Å²) in [6.45, 7) is 4.50.